The molecule has 0 saturated carbocycles. The molecule has 0 unspecified atom stereocenters. The van der Waals surface area contributed by atoms with Crippen molar-refractivity contribution in [3.05, 3.63) is 47.5 Å². The number of rotatable bonds is 6. The normalized spacial score (nSPS) is 10.7. The highest BCUT2D eigenvalue weighted by atomic mass is 19.2. The van der Waals surface area contributed by atoms with E-state index in [4.69, 9.17) is 9.47 Å². The summed E-state index contributed by atoms with van der Waals surface area (Å²) in [6.45, 7) is 3.82. The first-order chi connectivity index (χ1) is 11.0. The van der Waals surface area contributed by atoms with Gasteiger partial charge in [0.05, 0.1) is 13.2 Å². The summed E-state index contributed by atoms with van der Waals surface area (Å²) < 4.78 is 66.1. The molecule has 2 aromatic rings. The molecule has 0 saturated heterocycles. The molecule has 0 spiro atoms. The zero-order chi connectivity index (χ0) is 17.0. The fourth-order valence-electron chi connectivity index (χ4n) is 2.07. The minimum atomic E-state index is -1.29. The van der Waals surface area contributed by atoms with Crippen LogP contribution in [-0.4, -0.2) is 13.2 Å². The lowest BCUT2D eigenvalue weighted by Gasteiger charge is -2.12. The summed E-state index contributed by atoms with van der Waals surface area (Å²) in [6, 6.07) is 4.67. The van der Waals surface area contributed by atoms with Crippen LogP contribution in [0.5, 0.6) is 11.5 Å². The van der Waals surface area contributed by atoms with Crippen molar-refractivity contribution >= 4 is 0 Å². The van der Waals surface area contributed by atoms with Crippen LogP contribution in [0, 0.1) is 23.3 Å². The van der Waals surface area contributed by atoms with Crippen LogP contribution in [0.3, 0.4) is 0 Å². The average Bonchev–Trinajstić information content (AvgIpc) is 2.54. The Bertz CT molecular complexity index is 701. The molecule has 2 aromatic carbocycles. The van der Waals surface area contributed by atoms with E-state index < -0.39 is 23.3 Å². The van der Waals surface area contributed by atoms with Gasteiger partial charge in [-0.1, -0.05) is 6.92 Å². The van der Waals surface area contributed by atoms with Crippen molar-refractivity contribution < 1.29 is 27.0 Å². The fraction of sp³-hybridized carbons (Fsp3) is 0.294. The molecule has 0 amide bonds. The molecule has 0 aromatic heterocycles. The summed E-state index contributed by atoms with van der Waals surface area (Å²) >= 11 is 0. The van der Waals surface area contributed by atoms with E-state index >= 15 is 0 Å². The Morgan fingerprint density at radius 2 is 1.17 bits per heavy atom. The Hall–Kier alpha value is -2.24. The highest BCUT2D eigenvalue weighted by molar-refractivity contribution is 5.67. The summed E-state index contributed by atoms with van der Waals surface area (Å²) in [4.78, 5) is 0. The fourth-order valence-corrected chi connectivity index (χ4v) is 2.07. The SMILES string of the molecule is CCCOc1ccc(-c2ccc(OCC)c(F)c2F)c(F)c1F. The Labute approximate surface area is 131 Å². The van der Waals surface area contributed by atoms with Crippen molar-refractivity contribution in [3.63, 3.8) is 0 Å². The van der Waals surface area contributed by atoms with Crippen LogP contribution in [0.1, 0.15) is 20.3 Å². The molecule has 0 aliphatic rings. The van der Waals surface area contributed by atoms with Crippen LogP contribution in [0.2, 0.25) is 0 Å². The lowest BCUT2D eigenvalue weighted by atomic mass is 10.0. The van der Waals surface area contributed by atoms with E-state index in [1.54, 1.807) is 6.92 Å². The molecule has 2 rings (SSSR count). The summed E-state index contributed by atoms with van der Waals surface area (Å²) in [6.07, 6.45) is 0.627. The van der Waals surface area contributed by atoms with Gasteiger partial charge in [-0.25, -0.2) is 8.78 Å². The third-order valence-electron chi connectivity index (χ3n) is 3.15. The van der Waals surface area contributed by atoms with Gasteiger partial charge in [0, 0.05) is 11.1 Å². The molecule has 0 bridgehead atoms. The van der Waals surface area contributed by atoms with E-state index in [1.165, 1.54) is 12.1 Å². The molecule has 6 heteroatoms. The molecule has 2 nitrogen and oxygen atoms in total. The van der Waals surface area contributed by atoms with Crippen molar-refractivity contribution in [2.24, 2.45) is 0 Å². The molecule has 0 N–H and O–H groups in total. The molecule has 0 aliphatic heterocycles. The number of hydrogen-bond acceptors (Lipinski definition) is 2. The molecular formula is C17H16F4O2. The van der Waals surface area contributed by atoms with Gasteiger partial charge in [-0.2, -0.15) is 8.78 Å². The maximum absolute atomic E-state index is 14.2. The van der Waals surface area contributed by atoms with Crippen LogP contribution < -0.4 is 9.47 Å². The molecule has 0 fully saturated rings. The molecule has 23 heavy (non-hydrogen) atoms. The van der Waals surface area contributed by atoms with Gasteiger partial charge < -0.3 is 9.47 Å². The second-order valence-electron chi connectivity index (χ2n) is 4.76. The van der Waals surface area contributed by atoms with E-state index in [0.717, 1.165) is 12.1 Å². The maximum Gasteiger partial charge on any atom is 0.201 e. The molecule has 0 aliphatic carbocycles. The van der Waals surface area contributed by atoms with Crippen molar-refractivity contribution in [2.45, 2.75) is 20.3 Å². The van der Waals surface area contributed by atoms with Gasteiger partial charge >= 0.3 is 0 Å². The average molecular weight is 328 g/mol. The second-order valence-corrected chi connectivity index (χ2v) is 4.76. The molecule has 124 valence electrons. The van der Waals surface area contributed by atoms with Crippen LogP contribution in [0.4, 0.5) is 17.6 Å². The highest BCUT2D eigenvalue weighted by Gasteiger charge is 2.21. The van der Waals surface area contributed by atoms with E-state index in [2.05, 4.69) is 0 Å². The minimum Gasteiger partial charge on any atom is -0.491 e. The summed E-state index contributed by atoms with van der Waals surface area (Å²) in [5.74, 6) is -5.60. The van der Waals surface area contributed by atoms with Gasteiger partial charge in [0.25, 0.3) is 0 Å². The number of benzene rings is 2. The summed E-state index contributed by atoms with van der Waals surface area (Å²) in [5.41, 5.74) is -0.768. The van der Waals surface area contributed by atoms with E-state index in [9.17, 15) is 17.6 Å². The van der Waals surface area contributed by atoms with E-state index in [1.807, 2.05) is 6.92 Å². The predicted octanol–water partition coefficient (Wildman–Crippen LogP) is 5.10. The second kappa shape index (κ2) is 7.35. The molecular weight excluding hydrogens is 312 g/mol. The first kappa shape index (κ1) is 17.1. The zero-order valence-corrected chi connectivity index (χ0v) is 12.8. The van der Waals surface area contributed by atoms with Gasteiger partial charge in [0.15, 0.2) is 23.1 Å². The lowest BCUT2D eigenvalue weighted by molar-refractivity contribution is 0.295. The van der Waals surface area contributed by atoms with Gasteiger partial charge in [-0.3, -0.25) is 0 Å². The molecule has 0 atom stereocenters. The highest BCUT2D eigenvalue weighted by Crippen LogP contribution is 2.34. The van der Waals surface area contributed by atoms with Crippen LogP contribution in [0.25, 0.3) is 11.1 Å². The van der Waals surface area contributed by atoms with Crippen molar-refractivity contribution in [2.75, 3.05) is 13.2 Å². The summed E-state index contributed by atoms with van der Waals surface area (Å²) in [5, 5.41) is 0. The van der Waals surface area contributed by atoms with Gasteiger partial charge in [-0.05, 0) is 37.6 Å². The van der Waals surface area contributed by atoms with Gasteiger partial charge in [0.1, 0.15) is 0 Å². The largest absolute Gasteiger partial charge is 0.491 e. The van der Waals surface area contributed by atoms with Crippen molar-refractivity contribution in [1.29, 1.82) is 0 Å². The predicted molar refractivity (Wildman–Crippen MR) is 78.7 cm³/mol. The van der Waals surface area contributed by atoms with Crippen LogP contribution in [-0.2, 0) is 0 Å². The zero-order valence-electron chi connectivity index (χ0n) is 12.8. The first-order valence-electron chi connectivity index (χ1n) is 7.23. The standard InChI is InChI=1S/C17H16F4O2/c1-3-9-23-13-8-6-11(15(19)17(13)21)10-5-7-12(22-4-2)16(20)14(10)18/h5-8H,3-4,9H2,1-2H3. The lowest BCUT2D eigenvalue weighted by Crippen LogP contribution is -2.02. The van der Waals surface area contributed by atoms with Crippen LogP contribution in [0.15, 0.2) is 24.3 Å². The van der Waals surface area contributed by atoms with Crippen molar-refractivity contribution in [3.8, 4) is 22.6 Å². The first-order valence-corrected chi connectivity index (χ1v) is 7.23. The Morgan fingerprint density at radius 1 is 0.696 bits per heavy atom. The topological polar surface area (TPSA) is 18.5 Å². The van der Waals surface area contributed by atoms with Gasteiger partial charge in [-0.15, -0.1) is 0 Å². The van der Waals surface area contributed by atoms with Gasteiger partial charge in [0.2, 0.25) is 11.6 Å². The Balaban J connectivity index is 2.47. The smallest absolute Gasteiger partial charge is 0.201 e. The Kier molecular flexibility index (Phi) is 5.47. The van der Waals surface area contributed by atoms with E-state index in [-0.39, 0.29) is 35.8 Å². The third kappa shape index (κ3) is 3.41. The number of halogens is 4. The van der Waals surface area contributed by atoms with E-state index in [0.29, 0.717) is 6.42 Å². The minimum absolute atomic E-state index is 0.155. The maximum atomic E-state index is 14.2. The van der Waals surface area contributed by atoms with Crippen LogP contribution >= 0.6 is 0 Å². The number of ether oxygens (including phenoxy) is 2. The molecule has 0 heterocycles. The molecule has 0 radical (unpaired) electrons. The number of hydrogen-bond donors (Lipinski definition) is 0. The quantitative estimate of drug-likeness (QED) is 0.687. The third-order valence-corrected chi connectivity index (χ3v) is 3.15. The monoisotopic (exact) mass is 328 g/mol. The van der Waals surface area contributed by atoms with Crippen molar-refractivity contribution in [1.82, 2.24) is 0 Å². The Morgan fingerprint density at radius 3 is 1.61 bits per heavy atom. The summed E-state index contributed by atoms with van der Waals surface area (Å²) in [7, 11) is 0.